The van der Waals surface area contributed by atoms with Gasteiger partial charge < -0.3 is 5.32 Å². The average Bonchev–Trinajstić information content (AvgIpc) is 2.77. The van der Waals surface area contributed by atoms with Crippen LogP contribution in [0.5, 0.6) is 0 Å². The molecule has 1 N–H and O–H groups in total. The molecule has 0 spiro atoms. The summed E-state index contributed by atoms with van der Waals surface area (Å²) >= 11 is 5.31. The molecule has 1 heterocycles. The Morgan fingerprint density at radius 1 is 1.31 bits per heavy atom. The van der Waals surface area contributed by atoms with Crippen LogP contribution in [0.25, 0.3) is 0 Å². The van der Waals surface area contributed by atoms with E-state index in [1.807, 2.05) is 18.0 Å². The van der Waals surface area contributed by atoms with Gasteiger partial charge in [-0.2, -0.15) is 0 Å². The molecule has 0 aromatic carbocycles. The second-order valence-corrected chi connectivity index (χ2v) is 7.51. The highest BCUT2D eigenvalue weighted by atomic mass is 32.2. The van der Waals surface area contributed by atoms with E-state index in [9.17, 15) is 0 Å². The van der Waals surface area contributed by atoms with Gasteiger partial charge in [0, 0.05) is 11.3 Å². The molecule has 2 atom stereocenters. The van der Waals surface area contributed by atoms with Crippen LogP contribution in [-0.4, -0.2) is 34.8 Å². The summed E-state index contributed by atoms with van der Waals surface area (Å²) in [5.74, 6) is 0. The molecule has 90 valence electrons. The van der Waals surface area contributed by atoms with Crippen molar-refractivity contribution in [3.05, 3.63) is 0 Å². The van der Waals surface area contributed by atoms with E-state index in [0.29, 0.717) is 11.3 Å². The van der Waals surface area contributed by atoms with Gasteiger partial charge in [0.25, 0.3) is 0 Å². The van der Waals surface area contributed by atoms with Gasteiger partial charge in [0.15, 0.2) is 8.68 Å². The molecule has 1 aliphatic carbocycles. The van der Waals surface area contributed by atoms with Crippen molar-refractivity contribution in [2.75, 3.05) is 13.3 Å². The zero-order chi connectivity index (χ0) is 11.4. The first-order chi connectivity index (χ1) is 7.81. The molecular weight excluding hydrogens is 258 g/mol. The van der Waals surface area contributed by atoms with Crippen LogP contribution in [-0.2, 0) is 0 Å². The Hall–Kier alpha value is 0.220. The Morgan fingerprint density at radius 3 is 2.81 bits per heavy atom. The van der Waals surface area contributed by atoms with Gasteiger partial charge in [-0.25, -0.2) is 0 Å². The van der Waals surface area contributed by atoms with E-state index >= 15 is 0 Å². The SMILES string of the molecule is CNC1CCCC(Sc2nnc(SC)s2)C1. The zero-order valence-corrected chi connectivity index (χ0v) is 12.1. The largest absolute Gasteiger partial charge is 0.317 e. The van der Waals surface area contributed by atoms with Gasteiger partial charge in [-0.1, -0.05) is 41.3 Å². The molecule has 2 unspecified atom stereocenters. The molecule has 0 aliphatic heterocycles. The molecule has 0 radical (unpaired) electrons. The topological polar surface area (TPSA) is 37.8 Å². The third kappa shape index (κ3) is 3.35. The Balaban J connectivity index is 1.88. The quantitative estimate of drug-likeness (QED) is 0.855. The minimum Gasteiger partial charge on any atom is -0.317 e. The molecule has 0 amide bonds. The van der Waals surface area contributed by atoms with Crippen molar-refractivity contribution in [1.29, 1.82) is 0 Å². The molecule has 6 heteroatoms. The van der Waals surface area contributed by atoms with Crippen LogP contribution in [0.2, 0.25) is 0 Å². The maximum atomic E-state index is 4.22. The monoisotopic (exact) mass is 275 g/mol. The van der Waals surface area contributed by atoms with E-state index in [0.717, 1.165) is 8.68 Å². The van der Waals surface area contributed by atoms with Crippen molar-refractivity contribution in [2.45, 2.75) is 45.7 Å². The molecule has 1 aromatic heterocycles. The van der Waals surface area contributed by atoms with Gasteiger partial charge in [0.05, 0.1) is 0 Å². The first-order valence-corrected chi connectivity index (χ1v) is 8.45. The fraction of sp³-hybridized carbons (Fsp3) is 0.800. The lowest BCUT2D eigenvalue weighted by atomic mass is 9.95. The zero-order valence-electron chi connectivity index (χ0n) is 9.60. The summed E-state index contributed by atoms with van der Waals surface area (Å²) in [6.07, 6.45) is 7.27. The number of hydrogen-bond acceptors (Lipinski definition) is 6. The summed E-state index contributed by atoms with van der Waals surface area (Å²) in [6.45, 7) is 0. The van der Waals surface area contributed by atoms with Gasteiger partial charge in [-0.3, -0.25) is 0 Å². The lowest BCUT2D eigenvalue weighted by molar-refractivity contribution is 0.402. The van der Waals surface area contributed by atoms with Gasteiger partial charge in [-0.05, 0) is 32.6 Å². The van der Waals surface area contributed by atoms with E-state index < -0.39 is 0 Å². The van der Waals surface area contributed by atoms with Crippen molar-refractivity contribution < 1.29 is 0 Å². The molecule has 0 saturated heterocycles. The highest BCUT2D eigenvalue weighted by Gasteiger charge is 2.22. The van der Waals surface area contributed by atoms with E-state index in [4.69, 9.17) is 0 Å². The van der Waals surface area contributed by atoms with Gasteiger partial charge in [0.1, 0.15) is 0 Å². The number of aromatic nitrogens is 2. The fourth-order valence-corrected chi connectivity index (χ4v) is 4.97. The van der Waals surface area contributed by atoms with Crippen molar-refractivity contribution in [1.82, 2.24) is 15.5 Å². The molecule has 1 fully saturated rings. The van der Waals surface area contributed by atoms with Crippen molar-refractivity contribution >= 4 is 34.9 Å². The lowest BCUT2D eigenvalue weighted by Gasteiger charge is -2.27. The van der Waals surface area contributed by atoms with Crippen molar-refractivity contribution in [2.24, 2.45) is 0 Å². The van der Waals surface area contributed by atoms with E-state index in [1.54, 1.807) is 23.1 Å². The highest BCUT2D eigenvalue weighted by Crippen LogP contribution is 2.36. The molecule has 3 nitrogen and oxygen atoms in total. The van der Waals surface area contributed by atoms with Crippen LogP contribution in [0, 0.1) is 0 Å². The van der Waals surface area contributed by atoms with Gasteiger partial charge in [0.2, 0.25) is 0 Å². The highest BCUT2D eigenvalue weighted by molar-refractivity contribution is 8.03. The third-order valence-electron chi connectivity index (χ3n) is 2.86. The minimum atomic E-state index is 0.694. The number of nitrogens with one attached hydrogen (secondary N) is 1. The van der Waals surface area contributed by atoms with E-state index in [-0.39, 0.29) is 0 Å². The molecule has 2 rings (SSSR count). The second kappa shape index (κ2) is 6.23. The van der Waals surface area contributed by atoms with Crippen LogP contribution in [0.15, 0.2) is 8.68 Å². The Bertz CT molecular complexity index is 329. The minimum absolute atomic E-state index is 0.694. The second-order valence-electron chi connectivity index (χ2n) is 3.93. The van der Waals surface area contributed by atoms with Gasteiger partial charge >= 0.3 is 0 Å². The molecule has 1 aliphatic rings. The summed E-state index contributed by atoms with van der Waals surface area (Å²) in [5.41, 5.74) is 0. The predicted octanol–water partition coefficient (Wildman–Crippen LogP) is 2.88. The standard InChI is InChI=1S/C10H17N3S3/c1-11-7-4-3-5-8(6-7)15-10-13-12-9(14-2)16-10/h7-8,11H,3-6H2,1-2H3. The molecule has 0 bridgehead atoms. The fourth-order valence-electron chi connectivity index (χ4n) is 1.98. The summed E-state index contributed by atoms with van der Waals surface area (Å²) in [5, 5.41) is 12.5. The molecule has 1 aromatic rings. The third-order valence-corrected chi connectivity index (χ3v) is 6.14. The van der Waals surface area contributed by atoms with Crippen LogP contribution >= 0.6 is 34.9 Å². The number of hydrogen-bond donors (Lipinski definition) is 1. The average molecular weight is 275 g/mol. The smallest absolute Gasteiger partial charge is 0.175 e. The molecule has 1 saturated carbocycles. The van der Waals surface area contributed by atoms with E-state index in [1.165, 1.54) is 25.7 Å². The first-order valence-electron chi connectivity index (χ1n) is 5.53. The maximum absolute atomic E-state index is 4.22. The Kier molecular flexibility index (Phi) is 4.94. The summed E-state index contributed by atoms with van der Waals surface area (Å²) in [6, 6.07) is 0.694. The van der Waals surface area contributed by atoms with Gasteiger partial charge in [-0.15, -0.1) is 10.2 Å². The number of rotatable bonds is 4. The lowest BCUT2D eigenvalue weighted by Crippen LogP contribution is -2.32. The summed E-state index contributed by atoms with van der Waals surface area (Å²) in [7, 11) is 2.06. The Morgan fingerprint density at radius 2 is 2.12 bits per heavy atom. The van der Waals surface area contributed by atoms with Crippen LogP contribution < -0.4 is 5.32 Å². The normalized spacial score (nSPS) is 25.9. The Labute approximate surface area is 109 Å². The van der Waals surface area contributed by atoms with E-state index in [2.05, 4.69) is 22.6 Å². The number of thioether (sulfide) groups is 2. The van der Waals surface area contributed by atoms with Crippen LogP contribution in [0.4, 0.5) is 0 Å². The number of nitrogens with zero attached hydrogens (tertiary/aromatic N) is 2. The predicted molar refractivity (Wildman–Crippen MR) is 72.7 cm³/mol. The molecule has 16 heavy (non-hydrogen) atoms. The van der Waals surface area contributed by atoms with Crippen molar-refractivity contribution in [3.8, 4) is 0 Å². The molecular formula is C10H17N3S3. The first kappa shape index (κ1) is 12.7. The van der Waals surface area contributed by atoms with Crippen molar-refractivity contribution in [3.63, 3.8) is 0 Å². The maximum Gasteiger partial charge on any atom is 0.175 e. The summed E-state index contributed by atoms with van der Waals surface area (Å²) < 4.78 is 2.20. The summed E-state index contributed by atoms with van der Waals surface area (Å²) in [4.78, 5) is 0. The van der Waals surface area contributed by atoms with Crippen LogP contribution in [0.3, 0.4) is 0 Å². The van der Waals surface area contributed by atoms with Crippen LogP contribution in [0.1, 0.15) is 25.7 Å².